The van der Waals surface area contributed by atoms with Crippen LogP contribution in [0.4, 0.5) is 0 Å². The van der Waals surface area contributed by atoms with Crippen LogP contribution in [-0.4, -0.2) is 42.1 Å². The van der Waals surface area contributed by atoms with Gasteiger partial charge in [0.05, 0.1) is 19.7 Å². The molecule has 3 atom stereocenters. The van der Waals surface area contributed by atoms with Crippen molar-refractivity contribution in [2.24, 2.45) is 0 Å². The molecule has 0 radical (unpaired) electrons. The Morgan fingerprint density at radius 1 is 1.58 bits per heavy atom. The summed E-state index contributed by atoms with van der Waals surface area (Å²) in [5, 5.41) is 18.5. The fourth-order valence-corrected chi connectivity index (χ4v) is 2.22. The van der Waals surface area contributed by atoms with E-state index in [-0.39, 0.29) is 31.2 Å². The highest BCUT2D eigenvalue weighted by Gasteiger charge is 2.41. The fraction of sp³-hybridized carbons (Fsp3) is 0.750. The Labute approximate surface area is 78.1 Å². The normalized spacial score (nSPS) is 38.8. The zero-order valence-electron chi connectivity index (χ0n) is 6.83. The van der Waals surface area contributed by atoms with E-state index in [1.807, 2.05) is 0 Å². The van der Waals surface area contributed by atoms with Crippen molar-refractivity contribution in [2.45, 2.75) is 18.6 Å². The largest absolute Gasteiger partial charge is 1.00 e. The molecule has 3 nitrogen and oxygen atoms in total. The summed E-state index contributed by atoms with van der Waals surface area (Å²) < 4.78 is 0. The van der Waals surface area contributed by atoms with Gasteiger partial charge in [-0.05, 0) is 6.08 Å². The highest BCUT2D eigenvalue weighted by Crippen LogP contribution is 2.14. The molecule has 0 amide bonds. The summed E-state index contributed by atoms with van der Waals surface area (Å²) in [7, 11) is 0. The summed E-state index contributed by atoms with van der Waals surface area (Å²) in [6, 6.07) is 0.208. The van der Waals surface area contributed by atoms with E-state index in [0.29, 0.717) is 0 Å². The van der Waals surface area contributed by atoms with Crippen molar-refractivity contribution in [3.8, 4) is 0 Å². The number of hydrogen-bond donors (Lipinski definition) is 3. The molecule has 2 rings (SSSR count). The van der Waals surface area contributed by atoms with Gasteiger partial charge in [0.1, 0.15) is 12.1 Å². The van der Waals surface area contributed by atoms with E-state index >= 15 is 0 Å². The molecule has 1 fully saturated rings. The van der Waals surface area contributed by atoms with Crippen LogP contribution in [0.1, 0.15) is 6.42 Å². The predicted octanol–water partition coefficient (Wildman–Crippen LogP) is -5.06. The number of halogens is 1. The smallest absolute Gasteiger partial charge is 0.138 e. The van der Waals surface area contributed by atoms with Crippen molar-refractivity contribution >= 4 is 0 Å². The predicted molar refractivity (Wildman–Crippen MR) is 40.3 cm³/mol. The van der Waals surface area contributed by atoms with Gasteiger partial charge >= 0.3 is 0 Å². The van der Waals surface area contributed by atoms with Crippen LogP contribution in [-0.2, 0) is 0 Å². The Hall–Kier alpha value is -0.0900. The van der Waals surface area contributed by atoms with E-state index < -0.39 is 0 Å². The lowest BCUT2D eigenvalue weighted by atomic mass is 10.1. The second-order valence-corrected chi connectivity index (χ2v) is 3.38. The molecule has 2 aliphatic heterocycles. The van der Waals surface area contributed by atoms with Gasteiger partial charge in [0.2, 0.25) is 0 Å². The van der Waals surface area contributed by atoms with Gasteiger partial charge in [-0.25, -0.2) is 0 Å². The molecule has 0 aromatic rings. The standard InChI is InChI=1S/C8H13NO2.ClH/c10-5-6-1-3-9-4-2-7(11)8(6)9;/h1,7-8,10-11H,2-5H2;1H/t7-,8-;/m1./s1. The average Bonchev–Trinajstić information content (AvgIpc) is 2.54. The highest BCUT2D eigenvalue weighted by atomic mass is 35.5. The molecule has 2 aliphatic rings. The first-order valence-corrected chi connectivity index (χ1v) is 4.15. The van der Waals surface area contributed by atoms with E-state index in [0.717, 1.165) is 25.1 Å². The van der Waals surface area contributed by atoms with Gasteiger partial charge in [0.25, 0.3) is 0 Å². The summed E-state index contributed by atoms with van der Waals surface area (Å²) in [6.07, 6.45) is 2.73. The fourth-order valence-electron chi connectivity index (χ4n) is 2.22. The maximum absolute atomic E-state index is 9.53. The van der Waals surface area contributed by atoms with Crippen LogP contribution in [0, 0.1) is 0 Å². The molecule has 0 aromatic heterocycles. The van der Waals surface area contributed by atoms with Crippen LogP contribution < -0.4 is 17.3 Å². The third kappa shape index (κ3) is 1.38. The molecule has 4 heteroatoms. The van der Waals surface area contributed by atoms with Crippen LogP contribution in [0.2, 0.25) is 0 Å². The van der Waals surface area contributed by atoms with Gasteiger partial charge < -0.3 is 27.5 Å². The van der Waals surface area contributed by atoms with Gasteiger partial charge in [0.15, 0.2) is 0 Å². The van der Waals surface area contributed by atoms with Gasteiger partial charge in [-0.1, -0.05) is 0 Å². The first-order chi connectivity index (χ1) is 5.33. The summed E-state index contributed by atoms with van der Waals surface area (Å²) in [6.45, 7) is 2.15. The highest BCUT2D eigenvalue weighted by molar-refractivity contribution is 5.15. The third-order valence-electron chi connectivity index (χ3n) is 2.79. The molecule has 0 aromatic carbocycles. The van der Waals surface area contributed by atoms with Gasteiger partial charge in [-0.15, -0.1) is 0 Å². The summed E-state index contributed by atoms with van der Waals surface area (Å²) in [5.74, 6) is 0. The van der Waals surface area contributed by atoms with Gasteiger partial charge in [0, 0.05) is 12.0 Å². The van der Waals surface area contributed by atoms with E-state index in [1.165, 1.54) is 4.90 Å². The lowest BCUT2D eigenvalue weighted by molar-refractivity contribution is -0.897. The molecule has 0 bridgehead atoms. The third-order valence-corrected chi connectivity index (χ3v) is 2.79. The molecule has 0 saturated carbocycles. The van der Waals surface area contributed by atoms with Crippen LogP contribution in [0.3, 0.4) is 0 Å². The minimum absolute atomic E-state index is 0. The number of nitrogens with one attached hydrogen (secondary N) is 1. The lowest BCUT2D eigenvalue weighted by Gasteiger charge is -2.16. The van der Waals surface area contributed by atoms with Crippen molar-refractivity contribution in [3.05, 3.63) is 11.6 Å². The molecule has 1 unspecified atom stereocenters. The Kier molecular flexibility index (Phi) is 3.12. The van der Waals surface area contributed by atoms with E-state index in [1.54, 1.807) is 0 Å². The zero-order valence-corrected chi connectivity index (χ0v) is 7.59. The van der Waals surface area contributed by atoms with Crippen molar-refractivity contribution in [1.82, 2.24) is 0 Å². The number of fused-ring (bicyclic) bond motifs is 1. The minimum Gasteiger partial charge on any atom is -1.00 e. The summed E-state index contributed by atoms with van der Waals surface area (Å²) in [4.78, 5) is 1.42. The van der Waals surface area contributed by atoms with E-state index in [2.05, 4.69) is 6.08 Å². The first kappa shape index (κ1) is 9.99. The maximum atomic E-state index is 9.53. The molecular formula is C8H14ClNO2. The minimum atomic E-state index is -0.217. The average molecular weight is 192 g/mol. The lowest BCUT2D eigenvalue weighted by Crippen LogP contribution is -3.12. The van der Waals surface area contributed by atoms with E-state index in [4.69, 9.17) is 5.11 Å². The van der Waals surface area contributed by atoms with Crippen LogP contribution in [0.25, 0.3) is 0 Å². The molecule has 3 N–H and O–H groups in total. The number of quaternary nitrogens is 1. The molecular weight excluding hydrogens is 178 g/mol. The Morgan fingerprint density at radius 3 is 3.00 bits per heavy atom. The Balaban J connectivity index is 0.000000720. The number of aliphatic hydroxyl groups excluding tert-OH is 2. The summed E-state index contributed by atoms with van der Waals surface area (Å²) in [5.41, 5.74) is 1.03. The monoisotopic (exact) mass is 191 g/mol. The topological polar surface area (TPSA) is 44.9 Å². The number of rotatable bonds is 1. The van der Waals surface area contributed by atoms with Crippen molar-refractivity contribution in [2.75, 3.05) is 19.7 Å². The van der Waals surface area contributed by atoms with Gasteiger partial charge in [-0.2, -0.15) is 0 Å². The Bertz CT molecular complexity index is 195. The van der Waals surface area contributed by atoms with Crippen LogP contribution in [0.5, 0.6) is 0 Å². The SMILES string of the molecule is OCC1=CC[NH+]2CC[C@@H](O)[C@@H]12.[Cl-]. The van der Waals surface area contributed by atoms with Gasteiger partial charge in [-0.3, -0.25) is 0 Å². The second kappa shape index (κ2) is 3.75. The number of hydrogen-bond acceptors (Lipinski definition) is 2. The van der Waals surface area contributed by atoms with Crippen molar-refractivity contribution in [1.29, 1.82) is 0 Å². The van der Waals surface area contributed by atoms with Crippen molar-refractivity contribution < 1.29 is 27.5 Å². The molecule has 1 saturated heterocycles. The first-order valence-electron chi connectivity index (χ1n) is 4.15. The molecule has 0 spiro atoms. The maximum Gasteiger partial charge on any atom is 0.138 e. The Morgan fingerprint density at radius 2 is 2.33 bits per heavy atom. The van der Waals surface area contributed by atoms with Crippen molar-refractivity contribution in [3.63, 3.8) is 0 Å². The number of aliphatic hydroxyl groups is 2. The second-order valence-electron chi connectivity index (χ2n) is 3.38. The molecule has 12 heavy (non-hydrogen) atoms. The molecule has 0 aliphatic carbocycles. The molecule has 2 heterocycles. The summed E-state index contributed by atoms with van der Waals surface area (Å²) >= 11 is 0. The van der Waals surface area contributed by atoms with Crippen LogP contribution >= 0.6 is 0 Å². The van der Waals surface area contributed by atoms with Crippen LogP contribution in [0.15, 0.2) is 11.6 Å². The quantitative estimate of drug-likeness (QED) is 0.364. The zero-order chi connectivity index (χ0) is 7.84. The molecule has 70 valence electrons. The van der Waals surface area contributed by atoms with E-state index in [9.17, 15) is 5.11 Å².